The van der Waals surface area contributed by atoms with E-state index >= 15 is 0 Å². The molecule has 0 amide bonds. The van der Waals surface area contributed by atoms with Crippen molar-refractivity contribution in [3.05, 3.63) is 150 Å². The molecule has 0 saturated carbocycles. The van der Waals surface area contributed by atoms with E-state index in [1.54, 1.807) is 36.4 Å². The highest BCUT2D eigenvalue weighted by atomic mass is 127. The smallest absolute Gasteiger partial charge is 0.340 e. The molecule has 2 aliphatic rings. The minimum Gasteiger partial charge on any atom is -1.00 e. The molecule has 1 spiro atoms. The van der Waals surface area contributed by atoms with Gasteiger partial charge in [-0.1, -0.05) is 42.5 Å². The molecular formula is C51H52I2N4O8. The molecule has 0 fully saturated rings. The Hall–Kier alpha value is -5.98. The number of aryl methyl sites for hydroxylation is 1. The van der Waals surface area contributed by atoms with Gasteiger partial charge in [0.05, 0.1) is 49.4 Å². The fourth-order valence-corrected chi connectivity index (χ4v) is 8.42. The van der Waals surface area contributed by atoms with Gasteiger partial charge in [-0.15, -0.1) is 0 Å². The highest BCUT2D eigenvalue weighted by Gasteiger charge is 2.53. The number of nitrogens with two attached hydrogens (primary N) is 2. The maximum absolute atomic E-state index is 12.7. The van der Waals surface area contributed by atoms with Gasteiger partial charge in [0, 0.05) is 71.1 Å². The number of pyridine rings is 1. The van der Waals surface area contributed by atoms with Gasteiger partial charge in [-0.25, -0.2) is 4.79 Å². The monoisotopic (exact) mass is 1100 g/mol. The first-order valence-electron chi connectivity index (χ1n) is 20.9. The van der Waals surface area contributed by atoms with Gasteiger partial charge < -0.3 is 88.3 Å². The first-order chi connectivity index (χ1) is 30.2. The molecule has 12 nitrogen and oxygen atoms in total. The van der Waals surface area contributed by atoms with Crippen LogP contribution in [0.4, 0.5) is 11.4 Å². The second-order valence-corrected chi connectivity index (χ2v) is 15.9. The number of nitrogens with zero attached hydrogens (tertiary/aromatic N) is 2. The van der Waals surface area contributed by atoms with E-state index in [-0.39, 0.29) is 53.7 Å². The number of anilines is 2. The summed E-state index contributed by atoms with van der Waals surface area (Å²) in [6.07, 6.45) is 1.10. The highest BCUT2D eigenvalue weighted by Crippen LogP contribution is 2.57. The SMILES string of the molecule is CC(=O)O.CC(=O)Oc1ccc2c(c1)Oc1cc(O)ccc1C21OC(=O)c2ccccc21.CC[N+](C)(CC)CCC[n+]1c(-c2ccccc2)c2cc(N)ccc2c2ccc(N)cc21.[I-].[I-]. The largest absolute Gasteiger partial charge is 1.00 e. The highest BCUT2D eigenvalue weighted by molar-refractivity contribution is 6.10. The Kier molecular flexibility index (Phi) is 16.1. The lowest BCUT2D eigenvalue weighted by molar-refractivity contribution is -0.908. The molecule has 6 aromatic carbocycles. The minimum atomic E-state index is -1.21. The third kappa shape index (κ3) is 10.3. The first-order valence-corrected chi connectivity index (χ1v) is 20.9. The average molecular weight is 1100 g/mol. The van der Waals surface area contributed by atoms with E-state index in [1.165, 1.54) is 52.0 Å². The van der Waals surface area contributed by atoms with Crippen molar-refractivity contribution in [2.75, 3.05) is 38.1 Å². The summed E-state index contributed by atoms with van der Waals surface area (Å²) in [5, 5.41) is 21.0. The number of aromatic nitrogens is 1. The average Bonchev–Trinajstić information content (AvgIpc) is 3.55. The number of esters is 2. The first kappa shape index (κ1) is 50.0. The van der Waals surface area contributed by atoms with Gasteiger partial charge in [0.15, 0.2) is 12.1 Å². The van der Waals surface area contributed by atoms with Gasteiger partial charge in [-0.05, 0) is 80.6 Å². The Labute approximate surface area is 412 Å². The lowest BCUT2D eigenvalue weighted by Gasteiger charge is -2.36. The zero-order valence-corrected chi connectivity index (χ0v) is 41.1. The third-order valence-corrected chi connectivity index (χ3v) is 11.8. The normalized spacial score (nSPS) is 14.1. The minimum absolute atomic E-state index is 0. The van der Waals surface area contributed by atoms with Crippen molar-refractivity contribution in [2.45, 2.75) is 46.3 Å². The summed E-state index contributed by atoms with van der Waals surface area (Å²) in [7, 11) is 2.35. The summed E-state index contributed by atoms with van der Waals surface area (Å²) >= 11 is 0. The van der Waals surface area contributed by atoms with Gasteiger partial charge in [0.2, 0.25) is 11.2 Å². The second kappa shape index (κ2) is 20.9. The van der Waals surface area contributed by atoms with E-state index in [2.05, 4.69) is 80.1 Å². The Morgan fingerprint density at radius 2 is 1.34 bits per heavy atom. The van der Waals surface area contributed by atoms with Gasteiger partial charge in [-0.2, -0.15) is 4.57 Å². The summed E-state index contributed by atoms with van der Waals surface area (Å²) < 4.78 is 20.6. The summed E-state index contributed by atoms with van der Waals surface area (Å²) in [6.45, 7) is 11.3. The molecule has 65 heavy (non-hydrogen) atoms. The predicted molar refractivity (Wildman–Crippen MR) is 244 cm³/mol. The van der Waals surface area contributed by atoms with Crippen molar-refractivity contribution in [1.82, 2.24) is 0 Å². The molecule has 1 atom stereocenters. The van der Waals surface area contributed by atoms with E-state index in [0.29, 0.717) is 39.5 Å². The van der Waals surface area contributed by atoms with Crippen molar-refractivity contribution in [2.24, 2.45) is 0 Å². The van der Waals surface area contributed by atoms with Crippen molar-refractivity contribution in [1.29, 1.82) is 0 Å². The number of benzene rings is 6. The van der Waals surface area contributed by atoms with Crippen LogP contribution in [0.3, 0.4) is 0 Å². The van der Waals surface area contributed by atoms with Crippen molar-refractivity contribution < 1.29 is 95.8 Å². The van der Waals surface area contributed by atoms with Crippen LogP contribution in [0.1, 0.15) is 61.2 Å². The van der Waals surface area contributed by atoms with Crippen LogP contribution in [0, 0.1) is 0 Å². The Morgan fingerprint density at radius 1 is 0.738 bits per heavy atom. The zero-order valence-electron chi connectivity index (χ0n) is 36.8. The maximum atomic E-state index is 12.7. The Morgan fingerprint density at radius 3 is 2.00 bits per heavy atom. The molecule has 1 unspecified atom stereocenters. The van der Waals surface area contributed by atoms with Gasteiger partial charge in [0.25, 0.3) is 5.97 Å². The van der Waals surface area contributed by atoms with Crippen LogP contribution < -0.4 is 73.5 Å². The lowest BCUT2D eigenvalue weighted by Crippen LogP contribution is -3.00. The van der Waals surface area contributed by atoms with Crippen LogP contribution in [-0.2, 0) is 26.5 Å². The number of hydrogen-bond acceptors (Lipinski definition) is 9. The molecule has 6 N–H and O–H groups in total. The molecule has 3 heterocycles. The number of carboxylic acids is 1. The van der Waals surface area contributed by atoms with Crippen molar-refractivity contribution in [3.63, 3.8) is 0 Å². The number of quaternary nitrogens is 1. The number of hydrogen-bond donors (Lipinski definition) is 4. The molecular weight excluding hydrogens is 1050 g/mol. The second-order valence-electron chi connectivity index (χ2n) is 15.9. The summed E-state index contributed by atoms with van der Waals surface area (Å²) in [5.74, 6) is -0.667. The maximum Gasteiger partial charge on any atom is 0.340 e. The lowest BCUT2D eigenvalue weighted by atomic mass is 9.77. The zero-order chi connectivity index (χ0) is 45.1. The number of halogens is 2. The van der Waals surface area contributed by atoms with Crippen LogP contribution in [0.2, 0.25) is 0 Å². The van der Waals surface area contributed by atoms with Gasteiger partial charge >= 0.3 is 11.9 Å². The van der Waals surface area contributed by atoms with Crippen molar-refractivity contribution >= 4 is 51.0 Å². The molecule has 9 rings (SSSR count). The van der Waals surface area contributed by atoms with E-state index < -0.39 is 23.5 Å². The molecule has 7 aromatic rings. The van der Waals surface area contributed by atoms with Crippen molar-refractivity contribution in [3.8, 4) is 34.3 Å². The number of aromatic hydroxyl groups is 1. The summed E-state index contributed by atoms with van der Waals surface area (Å²) in [5.41, 5.74) is 18.8. The number of phenolic OH excluding ortho intramolecular Hbond substituents is 1. The van der Waals surface area contributed by atoms with Crippen LogP contribution >= 0.6 is 0 Å². The van der Waals surface area contributed by atoms with Gasteiger partial charge in [-0.3, -0.25) is 9.59 Å². The Bertz CT molecular complexity index is 2890. The number of aliphatic carboxylic acids is 1. The topological polar surface area (TPSA) is 175 Å². The van der Waals surface area contributed by atoms with Gasteiger partial charge in [0.1, 0.15) is 23.0 Å². The molecule has 0 saturated heterocycles. The van der Waals surface area contributed by atoms with Crippen LogP contribution in [-0.4, -0.2) is 59.3 Å². The van der Waals surface area contributed by atoms with E-state index in [9.17, 15) is 14.7 Å². The Balaban J connectivity index is 0.000000220. The molecule has 1 aromatic heterocycles. The number of ether oxygens (including phenoxy) is 3. The molecule has 338 valence electrons. The quantitative estimate of drug-likeness (QED) is 0.0337. The fraction of sp³-hybridized carbons (Fsp3) is 0.216. The number of carboxylic acid groups (broad SMARTS) is 1. The van der Waals surface area contributed by atoms with E-state index in [0.717, 1.165) is 55.4 Å². The van der Waals surface area contributed by atoms with Crippen LogP contribution in [0.25, 0.3) is 32.9 Å². The number of phenols is 1. The number of fused-ring (bicyclic) bond motifs is 9. The van der Waals surface area contributed by atoms with Crippen LogP contribution in [0.15, 0.2) is 127 Å². The predicted octanol–water partition coefficient (Wildman–Crippen LogP) is 2.97. The number of carbonyl (C=O) groups is 3. The third-order valence-electron chi connectivity index (χ3n) is 11.8. The molecule has 0 bridgehead atoms. The molecule has 2 aliphatic heterocycles. The molecule has 0 radical (unpaired) electrons. The summed E-state index contributed by atoms with van der Waals surface area (Å²) in [4.78, 5) is 33.0. The molecule has 0 aliphatic carbocycles. The van der Waals surface area contributed by atoms with Crippen LogP contribution in [0.5, 0.6) is 23.0 Å². The fourth-order valence-electron chi connectivity index (χ4n) is 8.42. The number of carbonyl (C=O) groups excluding carboxylic acids is 2. The standard InChI is InChI=1S/C27H33N4.C22H14O6.C2H4O2.2HI/c1-4-31(3,5-2)17-9-16-30-26-19-22(29)13-15-24(26)23-14-12-21(28)18-25(23)27(30)20-10-7-6-8-11-20;1-12(23)26-14-7-9-18-20(11-14)27-19-10-13(24)6-8-17(19)22(18)16-5-3-2-4-15(16)21(25)28-22;1-2(3)4;;/h6-8,10-15,18-19,29H,4-5,9,16-17,28H2,1-3H3;2-11,24H,1H3;1H3,(H,3,4);2*1H/q+1;;;;/p-1. The number of rotatable bonds is 8. The number of nitrogen functional groups attached to an aromatic ring is 2. The van der Waals surface area contributed by atoms with E-state index in [4.69, 9.17) is 35.6 Å². The summed E-state index contributed by atoms with van der Waals surface area (Å²) in [6, 6.07) is 39.9. The molecule has 14 heteroatoms. The van der Waals surface area contributed by atoms with E-state index in [1.807, 2.05) is 24.3 Å².